The van der Waals surface area contributed by atoms with E-state index in [2.05, 4.69) is 17.2 Å². The van der Waals surface area contributed by atoms with Crippen LogP contribution in [0.3, 0.4) is 0 Å². The van der Waals surface area contributed by atoms with Crippen LogP contribution in [0.2, 0.25) is 0 Å². The summed E-state index contributed by atoms with van der Waals surface area (Å²) in [5.74, 6) is 0.0837. The van der Waals surface area contributed by atoms with Gasteiger partial charge in [0.1, 0.15) is 0 Å². The molecule has 2 atom stereocenters. The number of nitrogens with one attached hydrogen (secondary N) is 1. The normalized spacial score (nSPS) is 20.8. The lowest BCUT2D eigenvalue weighted by Crippen LogP contribution is -2.57. The van der Waals surface area contributed by atoms with Crippen LogP contribution in [-0.4, -0.2) is 30.1 Å². The van der Waals surface area contributed by atoms with E-state index in [0.29, 0.717) is 11.6 Å². The highest BCUT2D eigenvalue weighted by molar-refractivity contribution is 6.08. The molecule has 2 amide bonds. The van der Waals surface area contributed by atoms with Crippen LogP contribution < -0.4 is 10.2 Å². The van der Waals surface area contributed by atoms with Crippen molar-refractivity contribution in [3.05, 3.63) is 59.4 Å². The monoisotopic (exact) mass is 446 g/mol. The van der Waals surface area contributed by atoms with Crippen molar-refractivity contribution in [1.29, 1.82) is 0 Å². The van der Waals surface area contributed by atoms with Crippen molar-refractivity contribution in [2.45, 2.75) is 64.5 Å². The first kappa shape index (κ1) is 23.1. The molecule has 1 aliphatic heterocycles. The molecule has 1 N–H and O–H groups in total. The minimum atomic E-state index is -1.59. The smallest absolute Gasteiger partial charge is 0.281 e. The maximum atomic E-state index is 14.0. The second-order valence-corrected chi connectivity index (χ2v) is 9.47. The molecule has 0 radical (unpaired) electrons. The average Bonchev–Trinajstić information content (AvgIpc) is 3.65. The van der Waals surface area contributed by atoms with Crippen LogP contribution in [0.5, 0.6) is 0 Å². The molecule has 0 spiro atoms. The zero-order valence-electron chi connectivity index (χ0n) is 19.9. The SMILES string of the molecule is CCCCC[C@@H](CC1CC1)C(=O)NC1(c2cc(C)ccn2)N=Cc2ccccc2N(C)C1=O. The Morgan fingerprint density at radius 1 is 1.24 bits per heavy atom. The molecule has 1 unspecified atom stereocenters. The summed E-state index contributed by atoms with van der Waals surface area (Å²) >= 11 is 0. The molecule has 1 fully saturated rings. The lowest BCUT2D eigenvalue weighted by Gasteiger charge is -2.33. The maximum Gasteiger partial charge on any atom is 0.281 e. The van der Waals surface area contributed by atoms with E-state index < -0.39 is 5.66 Å². The van der Waals surface area contributed by atoms with E-state index in [1.54, 1.807) is 24.4 Å². The van der Waals surface area contributed by atoms with E-state index in [1.807, 2.05) is 43.3 Å². The standard InChI is InChI=1S/C27H34N4O2/c1-4-5-6-9-21(17-20-12-13-20)25(32)30-27(24-16-19(2)14-15-28-24)26(33)31(3)23-11-8-7-10-22(23)18-29-27/h7-8,10-11,14-16,18,20-21H,4-6,9,12-13,17H2,1-3H3,(H,30,32)/t21-,27?/m0/s1. The van der Waals surface area contributed by atoms with Crippen LogP contribution in [0.1, 0.15) is 68.7 Å². The van der Waals surface area contributed by atoms with Crippen molar-refractivity contribution < 1.29 is 9.59 Å². The molecular weight excluding hydrogens is 412 g/mol. The Morgan fingerprint density at radius 2 is 2.03 bits per heavy atom. The fraction of sp³-hybridized carbons (Fsp3) is 0.481. The highest BCUT2D eigenvalue weighted by atomic mass is 16.2. The van der Waals surface area contributed by atoms with E-state index >= 15 is 0 Å². The molecular formula is C27H34N4O2. The number of pyridine rings is 1. The summed E-state index contributed by atoms with van der Waals surface area (Å²) in [7, 11) is 1.73. The summed E-state index contributed by atoms with van der Waals surface area (Å²) in [5.41, 5.74) is 1.39. The van der Waals surface area contributed by atoms with Gasteiger partial charge in [-0.15, -0.1) is 0 Å². The molecule has 0 saturated heterocycles. The van der Waals surface area contributed by atoms with Gasteiger partial charge in [-0.3, -0.25) is 14.6 Å². The molecule has 33 heavy (non-hydrogen) atoms. The maximum absolute atomic E-state index is 14.0. The average molecular weight is 447 g/mol. The fourth-order valence-corrected chi connectivity index (χ4v) is 4.57. The van der Waals surface area contributed by atoms with Gasteiger partial charge in [0.25, 0.3) is 11.6 Å². The van der Waals surface area contributed by atoms with Crippen molar-refractivity contribution >= 4 is 23.7 Å². The Labute approximate surface area is 196 Å². The third-order valence-electron chi connectivity index (χ3n) is 6.74. The van der Waals surface area contributed by atoms with Gasteiger partial charge in [-0.2, -0.15) is 0 Å². The van der Waals surface area contributed by atoms with E-state index in [4.69, 9.17) is 4.99 Å². The van der Waals surface area contributed by atoms with Crippen molar-refractivity contribution in [1.82, 2.24) is 10.3 Å². The molecule has 6 heteroatoms. The summed E-state index contributed by atoms with van der Waals surface area (Å²) in [5, 5.41) is 3.10. The number of aromatic nitrogens is 1. The molecule has 2 aliphatic rings. The van der Waals surface area contributed by atoms with Crippen LogP contribution in [-0.2, 0) is 15.3 Å². The summed E-state index contributed by atoms with van der Waals surface area (Å²) in [6.45, 7) is 4.12. The number of anilines is 1. The van der Waals surface area contributed by atoms with Crippen LogP contribution in [0.4, 0.5) is 5.69 Å². The number of para-hydroxylation sites is 1. The number of hydrogen-bond acceptors (Lipinski definition) is 4. The van der Waals surface area contributed by atoms with Gasteiger partial charge in [-0.25, -0.2) is 4.99 Å². The topological polar surface area (TPSA) is 74.7 Å². The van der Waals surface area contributed by atoms with E-state index in [0.717, 1.165) is 48.9 Å². The number of nitrogens with zero attached hydrogens (tertiary/aromatic N) is 3. The highest BCUT2D eigenvalue weighted by Crippen LogP contribution is 2.38. The third-order valence-corrected chi connectivity index (χ3v) is 6.74. The number of carbonyl (C=O) groups is 2. The molecule has 174 valence electrons. The molecule has 1 aromatic carbocycles. The summed E-state index contributed by atoms with van der Waals surface area (Å²) in [6, 6.07) is 11.3. The highest BCUT2D eigenvalue weighted by Gasteiger charge is 2.47. The minimum absolute atomic E-state index is 0.105. The number of aryl methyl sites for hydroxylation is 1. The number of amides is 2. The fourth-order valence-electron chi connectivity index (χ4n) is 4.57. The van der Waals surface area contributed by atoms with Gasteiger partial charge in [0, 0.05) is 30.9 Å². The summed E-state index contributed by atoms with van der Waals surface area (Å²) < 4.78 is 0. The number of carbonyl (C=O) groups excluding carboxylic acids is 2. The van der Waals surface area contributed by atoms with Crippen molar-refractivity contribution in [2.75, 3.05) is 11.9 Å². The van der Waals surface area contributed by atoms with E-state index in [9.17, 15) is 9.59 Å². The zero-order chi connectivity index (χ0) is 23.4. The number of benzodiazepines with no additional fused rings is 1. The molecule has 2 aromatic rings. The second-order valence-electron chi connectivity index (χ2n) is 9.47. The number of rotatable bonds is 9. The lowest BCUT2D eigenvalue weighted by atomic mass is 9.92. The van der Waals surface area contributed by atoms with E-state index in [1.165, 1.54) is 12.8 Å². The molecule has 1 aliphatic carbocycles. The zero-order valence-corrected chi connectivity index (χ0v) is 19.9. The predicted molar refractivity (Wildman–Crippen MR) is 131 cm³/mol. The Hall–Kier alpha value is -3.02. The molecule has 6 nitrogen and oxygen atoms in total. The van der Waals surface area contributed by atoms with Crippen molar-refractivity contribution in [3.63, 3.8) is 0 Å². The summed E-state index contributed by atoms with van der Waals surface area (Å²) in [4.78, 5) is 38.5. The quantitative estimate of drug-likeness (QED) is 0.565. The lowest BCUT2D eigenvalue weighted by molar-refractivity contribution is -0.134. The van der Waals surface area contributed by atoms with Gasteiger partial charge in [-0.1, -0.05) is 57.2 Å². The first-order chi connectivity index (χ1) is 15.9. The Morgan fingerprint density at radius 3 is 2.76 bits per heavy atom. The second kappa shape index (κ2) is 9.86. The number of fused-ring (bicyclic) bond motifs is 1. The predicted octanol–water partition coefficient (Wildman–Crippen LogP) is 4.75. The largest absolute Gasteiger partial charge is 0.319 e. The van der Waals surface area contributed by atoms with Crippen LogP contribution in [0.15, 0.2) is 47.6 Å². The molecule has 1 saturated carbocycles. The van der Waals surface area contributed by atoms with Gasteiger partial charge in [0.15, 0.2) is 0 Å². The first-order valence-electron chi connectivity index (χ1n) is 12.1. The first-order valence-corrected chi connectivity index (χ1v) is 12.1. The van der Waals surface area contributed by atoms with Gasteiger partial charge in [-0.05, 0) is 49.4 Å². The van der Waals surface area contributed by atoms with Gasteiger partial charge in [0.2, 0.25) is 5.91 Å². The Kier molecular flexibility index (Phi) is 6.91. The number of benzene rings is 1. The van der Waals surface area contributed by atoms with Crippen molar-refractivity contribution in [2.24, 2.45) is 16.8 Å². The minimum Gasteiger partial charge on any atom is -0.319 e. The number of unbranched alkanes of at least 4 members (excludes halogenated alkanes) is 2. The van der Waals surface area contributed by atoms with E-state index in [-0.39, 0.29) is 17.7 Å². The van der Waals surface area contributed by atoms with Crippen LogP contribution >= 0.6 is 0 Å². The molecule has 2 heterocycles. The van der Waals surface area contributed by atoms with Gasteiger partial charge in [0.05, 0.1) is 11.4 Å². The Bertz CT molecular complexity index is 1050. The van der Waals surface area contributed by atoms with Gasteiger partial charge < -0.3 is 10.2 Å². The number of likely N-dealkylation sites (N-methyl/N-ethyl adjacent to an activating group) is 1. The molecule has 0 bridgehead atoms. The third kappa shape index (κ3) is 5.00. The summed E-state index contributed by atoms with van der Waals surface area (Å²) in [6.07, 6.45) is 10.7. The molecule has 1 aromatic heterocycles. The Balaban J connectivity index is 1.72. The van der Waals surface area contributed by atoms with Crippen molar-refractivity contribution in [3.8, 4) is 0 Å². The van der Waals surface area contributed by atoms with Crippen LogP contribution in [0.25, 0.3) is 0 Å². The number of hydrogen-bond donors (Lipinski definition) is 1. The van der Waals surface area contributed by atoms with Crippen LogP contribution in [0, 0.1) is 18.8 Å². The van der Waals surface area contributed by atoms with Gasteiger partial charge >= 0.3 is 0 Å². The molecule has 4 rings (SSSR count). The number of aliphatic imine (C=N–C) groups is 1.